The average Bonchev–Trinajstić information content (AvgIpc) is 3.07. The van der Waals surface area contributed by atoms with Gasteiger partial charge in [0.1, 0.15) is 5.82 Å². The van der Waals surface area contributed by atoms with Crippen LogP contribution in [0.15, 0.2) is 18.2 Å². The molecule has 3 rings (SSSR count). The molecule has 1 atom stereocenters. The number of benzene rings is 1. The van der Waals surface area contributed by atoms with Gasteiger partial charge in [-0.05, 0) is 31.2 Å². The predicted octanol–water partition coefficient (Wildman–Crippen LogP) is 3.68. The lowest BCUT2D eigenvalue weighted by Crippen LogP contribution is -2.38. The molecule has 1 N–H and O–H groups in total. The molecule has 2 heterocycles. The van der Waals surface area contributed by atoms with Crippen LogP contribution >= 0.6 is 23.2 Å². The van der Waals surface area contributed by atoms with Gasteiger partial charge in [0.05, 0.1) is 19.3 Å². The summed E-state index contributed by atoms with van der Waals surface area (Å²) in [7, 11) is 2.11. The van der Waals surface area contributed by atoms with E-state index in [1.807, 2.05) is 22.9 Å². The summed E-state index contributed by atoms with van der Waals surface area (Å²) < 4.78 is 7.69. The fraction of sp³-hybridized carbons (Fsp3) is 0.526. The zero-order valence-corrected chi connectivity index (χ0v) is 17.7. The van der Waals surface area contributed by atoms with E-state index in [9.17, 15) is 0 Å². The van der Waals surface area contributed by atoms with Crippen LogP contribution in [0.5, 0.6) is 0 Å². The number of likely N-dealkylation sites (N-methyl/N-ethyl adjacent to an activating group) is 1. The second-order valence-corrected chi connectivity index (χ2v) is 7.33. The maximum atomic E-state index is 8.36. The Kier molecular flexibility index (Phi) is 9.18. The molecule has 154 valence electrons. The first kappa shape index (κ1) is 22.6. The highest BCUT2D eigenvalue weighted by Crippen LogP contribution is 2.27. The average molecular weight is 429 g/mol. The molecule has 1 saturated heterocycles. The van der Waals surface area contributed by atoms with Crippen molar-refractivity contribution in [1.29, 1.82) is 0 Å². The molecule has 1 aromatic carbocycles. The number of hydrogen-bond donors (Lipinski definition) is 1. The molecular weight excluding hydrogens is 403 g/mol. The molecule has 1 aromatic heterocycles. The van der Waals surface area contributed by atoms with Crippen molar-refractivity contribution >= 4 is 29.7 Å². The fourth-order valence-corrected chi connectivity index (χ4v) is 3.55. The Morgan fingerprint density at radius 1 is 1.36 bits per heavy atom. The van der Waals surface area contributed by atoms with E-state index in [4.69, 9.17) is 47.9 Å². The molecular formula is C19H26Cl2N4O3. The molecule has 0 saturated carbocycles. The number of hydrogen-bond acceptors (Lipinski definition) is 5. The molecule has 1 aliphatic rings. The number of unbranched alkanes of at least 4 members (excludes halogenated alkanes) is 1. The monoisotopic (exact) mass is 428 g/mol. The summed E-state index contributed by atoms with van der Waals surface area (Å²) in [4.78, 5) is 15.5. The van der Waals surface area contributed by atoms with Gasteiger partial charge in [-0.3, -0.25) is 9.69 Å². The molecule has 1 fully saturated rings. The Morgan fingerprint density at radius 2 is 2.04 bits per heavy atom. The highest BCUT2D eigenvalue weighted by molar-refractivity contribution is 6.36. The van der Waals surface area contributed by atoms with E-state index >= 15 is 0 Å². The van der Waals surface area contributed by atoms with Gasteiger partial charge in [-0.2, -0.15) is 5.10 Å². The van der Waals surface area contributed by atoms with Gasteiger partial charge in [0, 0.05) is 29.6 Å². The first-order valence-electron chi connectivity index (χ1n) is 9.24. The smallest absolute Gasteiger partial charge is 0.290 e. The number of ether oxygens (including phenoxy) is 1. The van der Waals surface area contributed by atoms with Crippen molar-refractivity contribution in [3.63, 3.8) is 0 Å². The second kappa shape index (κ2) is 11.4. The highest BCUT2D eigenvalue weighted by atomic mass is 35.5. The van der Waals surface area contributed by atoms with Gasteiger partial charge in [-0.25, -0.2) is 9.67 Å². The first-order valence-corrected chi connectivity index (χ1v) is 9.99. The van der Waals surface area contributed by atoms with Crippen LogP contribution in [0.3, 0.4) is 0 Å². The third-order valence-corrected chi connectivity index (χ3v) is 5.27. The van der Waals surface area contributed by atoms with Crippen molar-refractivity contribution in [3.05, 3.63) is 45.5 Å². The normalized spacial score (nSPS) is 17.1. The zero-order valence-electron chi connectivity index (χ0n) is 16.1. The second-order valence-electron chi connectivity index (χ2n) is 6.52. The van der Waals surface area contributed by atoms with E-state index < -0.39 is 0 Å². The van der Waals surface area contributed by atoms with E-state index in [0.717, 1.165) is 49.8 Å². The van der Waals surface area contributed by atoms with Crippen molar-refractivity contribution in [2.75, 3.05) is 26.8 Å². The van der Waals surface area contributed by atoms with Crippen molar-refractivity contribution < 1.29 is 14.6 Å². The third kappa shape index (κ3) is 5.91. The lowest BCUT2D eigenvalue weighted by molar-refractivity contribution is -0.122. The fourth-order valence-electron chi connectivity index (χ4n) is 3.01. The summed E-state index contributed by atoms with van der Waals surface area (Å²) in [5.41, 5.74) is 0.873. The molecule has 0 amide bonds. The predicted molar refractivity (Wildman–Crippen MR) is 109 cm³/mol. The molecule has 0 aliphatic carbocycles. The Labute approximate surface area is 175 Å². The first-order chi connectivity index (χ1) is 13.5. The van der Waals surface area contributed by atoms with Gasteiger partial charge in [0.2, 0.25) is 0 Å². The largest absolute Gasteiger partial charge is 0.483 e. The lowest BCUT2D eigenvalue weighted by Gasteiger charge is -2.31. The molecule has 7 nitrogen and oxygen atoms in total. The van der Waals surface area contributed by atoms with Crippen molar-refractivity contribution in [2.24, 2.45) is 0 Å². The highest BCUT2D eigenvalue weighted by Gasteiger charge is 2.27. The number of aryl methyl sites for hydroxylation is 1. The van der Waals surface area contributed by atoms with E-state index in [2.05, 4.69) is 18.9 Å². The Bertz CT molecular complexity index is 749. The minimum Gasteiger partial charge on any atom is -0.483 e. The van der Waals surface area contributed by atoms with E-state index in [1.54, 1.807) is 0 Å². The lowest BCUT2D eigenvalue weighted by atomic mass is 10.1. The third-order valence-electron chi connectivity index (χ3n) is 4.56. The maximum Gasteiger partial charge on any atom is 0.290 e. The van der Waals surface area contributed by atoms with E-state index in [0.29, 0.717) is 23.1 Å². The number of rotatable bonds is 6. The number of carbonyl (C=O) groups is 1. The van der Waals surface area contributed by atoms with Crippen molar-refractivity contribution in [1.82, 2.24) is 19.7 Å². The Hall–Kier alpha value is -1.67. The molecule has 2 aromatic rings. The standard InChI is InChI=1S/C18H24Cl2N4O.CH2O2/c1-3-4-8-24-18(16-12-25-10-9-23(16)2)21-17(22-24)11-13-14(19)6-5-7-15(13)20;2-1-3/h5-7,16H,3-4,8-12H2,1-2H3;1H,(H,2,3)/t16-;/m1./s1. The SMILES string of the molecule is CCCCn1nc(Cc2c(Cl)cccc2Cl)nc1[C@H]1COCCN1C.O=CO. The summed E-state index contributed by atoms with van der Waals surface area (Å²) in [5.74, 6) is 1.72. The Balaban J connectivity index is 0.000000878. The zero-order chi connectivity index (χ0) is 20.5. The van der Waals surface area contributed by atoms with Crippen molar-refractivity contribution in [3.8, 4) is 0 Å². The summed E-state index contributed by atoms with van der Waals surface area (Å²) >= 11 is 12.6. The van der Waals surface area contributed by atoms with Crippen LogP contribution in [-0.4, -0.2) is 58.0 Å². The van der Waals surface area contributed by atoms with Crippen LogP contribution in [0.4, 0.5) is 0 Å². The summed E-state index contributed by atoms with van der Waals surface area (Å²) in [5, 5.41) is 12.9. The molecule has 28 heavy (non-hydrogen) atoms. The van der Waals surface area contributed by atoms with Gasteiger partial charge in [0.25, 0.3) is 6.47 Å². The summed E-state index contributed by atoms with van der Waals surface area (Å²) in [6.07, 6.45) is 2.71. The molecule has 0 bridgehead atoms. The number of aromatic nitrogens is 3. The number of nitrogens with zero attached hydrogens (tertiary/aromatic N) is 4. The molecule has 0 spiro atoms. The van der Waals surface area contributed by atoms with Crippen LogP contribution in [0.1, 0.15) is 43.0 Å². The number of morpholine rings is 1. The van der Waals surface area contributed by atoms with E-state index in [-0.39, 0.29) is 12.5 Å². The minimum atomic E-state index is -0.250. The number of carboxylic acid groups (broad SMARTS) is 1. The number of halogens is 2. The van der Waals surface area contributed by atoms with Crippen LogP contribution in [0.25, 0.3) is 0 Å². The van der Waals surface area contributed by atoms with E-state index in [1.165, 1.54) is 0 Å². The van der Waals surface area contributed by atoms with Gasteiger partial charge >= 0.3 is 0 Å². The molecule has 0 unspecified atom stereocenters. The molecule has 9 heteroatoms. The quantitative estimate of drug-likeness (QED) is 0.706. The van der Waals surface area contributed by atoms with Crippen LogP contribution < -0.4 is 0 Å². The van der Waals surface area contributed by atoms with Crippen LogP contribution in [-0.2, 0) is 22.5 Å². The molecule has 1 aliphatic heterocycles. The van der Waals surface area contributed by atoms with Gasteiger partial charge in [-0.1, -0.05) is 42.6 Å². The van der Waals surface area contributed by atoms with Crippen LogP contribution in [0, 0.1) is 0 Å². The molecule has 0 radical (unpaired) electrons. The van der Waals surface area contributed by atoms with Gasteiger partial charge in [0.15, 0.2) is 5.82 Å². The van der Waals surface area contributed by atoms with Gasteiger partial charge in [-0.15, -0.1) is 0 Å². The minimum absolute atomic E-state index is 0.133. The summed E-state index contributed by atoms with van der Waals surface area (Å²) in [6, 6.07) is 5.68. The van der Waals surface area contributed by atoms with Crippen LogP contribution in [0.2, 0.25) is 10.0 Å². The topological polar surface area (TPSA) is 80.5 Å². The van der Waals surface area contributed by atoms with Crippen molar-refractivity contribution in [2.45, 2.75) is 38.8 Å². The Morgan fingerprint density at radius 3 is 2.64 bits per heavy atom. The summed E-state index contributed by atoms with van der Waals surface area (Å²) in [6.45, 7) is 5.10. The van der Waals surface area contributed by atoms with Gasteiger partial charge < -0.3 is 9.84 Å². The maximum absolute atomic E-state index is 8.36.